The minimum atomic E-state index is -2.62. The van der Waals surface area contributed by atoms with Gasteiger partial charge in [-0.25, -0.2) is 23.1 Å². The predicted molar refractivity (Wildman–Crippen MR) is 129 cm³/mol. The highest BCUT2D eigenvalue weighted by Crippen LogP contribution is 2.27. The van der Waals surface area contributed by atoms with Crippen LogP contribution in [-0.4, -0.2) is 52.9 Å². The van der Waals surface area contributed by atoms with Crippen LogP contribution in [0.1, 0.15) is 11.3 Å². The van der Waals surface area contributed by atoms with E-state index in [1.165, 1.54) is 22.9 Å². The van der Waals surface area contributed by atoms with Crippen molar-refractivity contribution < 1.29 is 33.3 Å². The number of rotatable bonds is 8. The fourth-order valence-corrected chi connectivity index (χ4v) is 4.36. The van der Waals surface area contributed by atoms with Crippen LogP contribution in [0.5, 0.6) is 0 Å². The van der Waals surface area contributed by atoms with E-state index in [0.29, 0.717) is 32.3 Å². The van der Waals surface area contributed by atoms with Crippen molar-refractivity contribution >= 4 is 49.8 Å². The highest BCUT2D eigenvalue weighted by Gasteiger charge is 2.48. The molecule has 0 aliphatic carbocycles. The number of aromatic nitrogens is 5. The second-order valence-electron chi connectivity index (χ2n) is 8.19. The summed E-state index contributed by atoms with van der Waals surface area (Å²) in [5.74, 6) is -4.48. The Kier molecular flexibility index (Phi) is 6.17. The molecule has 0 aliphatic heterocycles. The first-order valence-electron chi connectivity index (χ1n) is 10.7. The molecule has 0 bridgehead atoms. The molecular formula is C24H16BrF2N5O5. The third-order valence-electron chi connectivity index (χ3n) is 5.85. The molecule has 3 N–H and O–H groups in total. The molecule has 13 heteroatoms. The fraction of sp³-hybridized carbons (Fsp3) is 0.125. The predicted octanol–water partition coefficient (Wildman–Crippen LogP) is 4.00. The van der Waals surface area contributed by atoms with Gasteiger partial charge in [0.25, 0.3) is 5.60 Å². The lowest BCUT2D eigenvalue weighted by Crippen LogP contribution is -2.51. The van der Waals surface area contributed by atoms with Crippen LogP contribution in [0.3, 0.4) is 0 Å². The fourth-order valence-electron chi connectivity index (χ4n) is 3.94. The molecule has 0 spiro atoms. The van der Waals surface area contributed by atoms with E-state index in [-0.39, 0.29) is 11.1 Å². The Morgan fingerprint density at radius 2 is 1.78 bits per heavy atom. The molecule has 0 saturated carbocycles. The van der Waals surface area contributed by atoms with Gasteiger partial charge in [-0.3, -0.25) is 5.10 Å². The van der Waals surface area contributed by atoms with Crippen LogP contribution in [0.4, 0.5) is 8.78 Å². The molecule has 0 atom stereocenters. The van der Waals surface area contributed by atoms with Gasteiger partial charge in [-0.1, -0.05) is 33.3 Å². The van der Waals surface area contributed by atoms with Crippen molar-refractivity contribution in [2.24, 2.45) is 0 Å². The topological polar surface area (TPSA) is 143 Å². The van der Waals surface area contributed by atoms with E-state index < -0.39 is 42.2 Å². The lowest BCUT2D eigenvalue weighted by Gasteiger charge is -2.25. The van der Waals surface area contributed by atoms with E-state index in [1.54, 1.807) is 24.3 Å². The molecule has 37 heavy (non-hydrogen) atoms. The first-order chi connectivity index (χ1) is 17.7. The minimum absolute atomic E-state index is 0.0965. The molecule has 0 saturated heterocycles. The molecular weight excluding hydrogens is 556 g/mol. The maximum Gasteiger partial charge on any atom is 0.348 e. The Balaban J connectivity index is 1.45. The first-order valence-corrected chi connectivity index (χ1v) is 11.5. The molecule has 0 aliphatic rings. The van der Waals surface area contributed by atoms with Crippen LogP contribution in [0.25, 0.3) is 27.6 Å². The van der Waals surface area contributed by atoms with Crippen LogP contribution in [0.15, 0.2) is 59.1 Å². The largest absolute Gasteiger partial charge is 0.479 e. The number of carboxylic acid groups (broad SMARTS) is 2. The number of aromatic amines is 1. The van der Waals surface area contributed by atoms with Crippen LogP contribution < -0.4 is 0 Å². The number of ether oxygens (including phenoxy) is 1. The summed E-state index contributed by atoms with van der Waals surface area (Å²) in [5, 5.41) is 34.9. The third kappa shape index (κ3) is 4.42. The van der Waals surface area contributed by atoms with E-state index in [1.807, 2.05) is 0 Å². The second-order valence-corrected chi connectivity index (χ2v) is 9.11. The van der Waals surface area contributed by atoms with Gasteiger partial charge in [0.2, 0.25) is 0 Å². The summed E-state index contributed by atoms with van der Waals surface area (Å²) >= 11 is 3.25. The molecule has 0 radical (unpaired) electrons. The van der Waals surface area contributed by atoms with Gasteiger partial charge in [-0.05, 0) is 48.0 Å². The van der Waals surface area contributed by atoms with E-state index in [0.717, 1.165) is 12.1 Å². The molecule has 10 nitrogen and oxygen atoms in total. The van der Waals surface area contributed by atoms with Gasteiger partial charge in [0.05, 0.1) is 29.0 Å². The van der Waals surface area contributed by atoms with Crippen molar-refractivity contribution in [1.29, 1.82) is 0 Å². The Morgan fingerprint density at radius 3 is 2.49 bits per heavy atom. The summed E-state index contributed by atoms with van der Waals surface area (Å²) < 4.78 is 34.9. The van der Waals surface area contributed by atoms with E-state index >= 15 is 0 Å². The van der Waals surface area contributed by atoms with E-state index in [9.17, 15) is 28.6 Å². The Bertz CT molecular complexity index is 1650. The Hall–Kier alpha value is -4.23. The highest BCUT2D eigenvalue weighted by molar-refractivity contribution is 9.10. The number of hydrogen-bond acceptors (Lipinski definition) is 6. The number of nitrogens with one attached hydrogen (secondary N) is 1. The zero-order valence-corrected chi connectivity index (χ0v) is 20.2. The summed E-state index contributed by atoms with van der Waals surface area (Å²) in [7, 11) is 0. The summed E-state index contributed by atoms with van der Waals surface area (Å²) in [4.78, 5) is 24.1. The maximum atomic E-state index is 14.2. The maximum absolute atomic E-state index is 14.2. The standard InChI is InChI=1S/C24H16BrF2N5O5/c25-13-7-17(27)21-20(8-13)32(31-30-21)15-5-6-16-18(9-15)28-29-19(16)11-37-24(22(33)34,23(35)36)10-12-1-3-14(26)4-2-12/h1-9H,10-11H2,(H,28,29)(H,33,34)(H,35,36). The smallest absolute Gasteiger partial charge is 0.348 e. The van der Waals surface area contributed by atoms with Gasteiger partial charge in [0.1, 0.15) is 11.3 Å². The van der Waals surface area contributed by atoms with Gasteiger partial charge in [-0.15, -0.1) is 5.10 Å². The number of halogens is 3. The quantitative estimate of drug-likeness (QED) is 0.237. The lowest BCUT2D eigenvalue weighted by molar-refractivity contribution is -0.185. The number of carboxylic acids is 2. The number of benzene rings is 3. The van der Waals surface area contributed by atoms with Crippen molar-refractivity contribution in [1.82, 2.24) is 25.2 Å². The number of aliphatic carboxylic acids is 2. The first kappa shape index (κ1) is 24.5. The Labute approximate surface area is 214 Å². The van der Waals surface area contributed by atoms with Gasteiger partial charge in [0.15, 0.2) is 5.82 Å². The number of fused-ring (bicyclic) bond motifs is 2. The van der Waals surface area contributed by atoms with E-state index in [2.05, 4.69) is 36.4 Å². The molecule has 0 unspecified atom stereocenters. The normalized spacial score (nSPS) is 11.9. The molecule has 5 aromatic rings. The summed E-state index contributed by atoms with van der Waals surface area (Å²) in [6.45, 7) is -0.417. The number of hydrogen-bond donors (Lipinski definition) is 3. The highest BCUT2D eigenvalue weighted by atomic mass is 79.9. The van der Waals surface area contributed by atoms with Crippen molar-refractivity contribution in [2.45, 2.75) is 18.6 Å². The van der Waals surface area contributed by atoms with Crippen molar-refractivity contribution in [3.05, 3.63) is 82.0 Å². The van der Waals surface area contributed by atoms with Gasteiger partial charge >= 0.3 is 11.9 Å². The van der Waals surface area contributed by atoms with Crippen molar-refractivity contribution in [2.75, 3.05) is 0 Å². The number of H-pyrrole nitrogens is 1. The molecule has 0 fully saturated rings. The van der Waals surface area contributed by atoms with Crippen LogP contribution in [0, 0.1) is 11.6 Å². The van der Waals surface area contributed by atoms with Crippen molar-refractivity contribution in [3.63, 3.8) is 0 Å². The van der Waals surface area contributed by atoms with Crippen LogP contribution in [-0.2, 0) is 27.4 Å². The Morgan fingerprint density at radius 1 is 1.05 bits per heavy atom. The average molecular weight is 572 g/mol. The van der Waals surface area contributed by atoms with Crippen molar-refractivity contribution in [3.8, 4) is 5.69 Å². The molecule has 2 heterocycles. The second kappa shape index (κ2) is 9.33. The number of nitrogens with zero attached hydrogens (tertiary/aromatic N) is 4. The number of carbonyl (C=O) groups is 2. The molecule has 2 aromatic heterocycles. The SMILES string of the molecule is O=C(O)C(Cc1ccc(F)cc1)(OCc1[nH]nc2cc(-n3nnc4c(F)cc(Br)cc43)ccc12)C(=O)O. The van der Waals surface area contributed by atoms with Gasteiger partial charge in [-0.2, -0.15) is 5.10 Å². The van der Waals surface area contributed by atoms with Gasteiger partial charge < -0.3 is 14.9 Å². The van der Waals surface area contributed by atoms with Crippen LogP contribution >= 0.6 is 15.9 Å². The molecule has 0 amide bonds. The molecule has 5 rings (SSSR count). The third-order valence-corrected chi connectivity index (χ3v) is 6.31. The van der Waals surface area contributed by atoms with Gasteiger partial charge in [0, 0.05) is 16.3 Å². The summed E-state index contributed by atoms with van der Waals surface area (Å²) in [6.07, 6.45) is -0.528. The van der Waals surface area contributed by atoms with Crippen LogP contribution in [0.2, 0.25) is 0 Å². The lowest BCUT2D eigenvalue weighted by atomic mass is 9.94. The summed E-state index contributed by atoms with van der Waals surface area (Å²) in [6, 6.07) is 12.8. The molecule has 188 valence electrons. The minimum Gasteiger partial charge on any atom is -0.479 e. The zero-order valence-electron chi connectivity index (χ0n) is 18.7. The average Bonchev–Trinajstić information content (AvgIpc) is 3.46. The molecule has 3 aromatic carbocycles. The van der Waals surface area contributed by atoms with E-state index in [4.69, 9.17) is 4.74 Å². The summed E-state index contributed by atoms with van der Waals surface area (Å²) in [5.41, 5.74) is -0.499. The zero-order chi connectivity index (χ0) is 26.3. The monoisotopic (exact) mass is 571 g/mol.